The Balaban J connectivity index is 0.00000196. The van der Waals surface area contributed by atoms with Crippen LogP contribution in [0.2, 0.25) is 0 Å². The first-order chi connectivity index (χ1) is 6.45. The number of benzene rings is 1. The van der Waals surface area contributed by atoms with Gasteiger partial charge < -0.3 is 10.5 Å². The van der Waals surface area contributed by atoms with Gasteiger partial charge in [-0.2, -0.15) is 8.42 Å². The molecule has 0 heterocycles. The van der Waals surface area contributed by atoms with Crippen molar-refractivity contribution >= 4 is 45.4 Å². The summed E-state index contributed by atoms with van der Waals surface area (Å²) in [6.45, 7) is 2.18. The monoisotopic (exact) mass is 240 g/mol. The molecule has 3 N–H and O–H groups in total. The number of ether oxygens (including phenoxy) is 1. The summed E-state index contributed by atoms with van der Waals surface area (Å²) in [4.78, 5) is -0.330. The van der Waals surface area contributed by atoms with Crippen molar-refractivity contribution in [3.8, 4) is 5.75 Å². The zero-order valence-corrected chi connectivity index (χ0v) is 11.4. The van der Waals surface area contributed by atoms with Crippen LogP contribution in [-0.4, -0.2) is 49.1 Å². The number of hydrogen-bond donors (Lipinski definition) is 2. The Labute approximate surface area is 111 Å². The molecule has 0 spiro atoms. The van der Waals surface area contributed by atoms with Crippen molar-refractivity contribution in [1.82, 2.24) is 0 Å². The van der Waals surface area contributed by atoms with E-state index in [-0.39, 0.29) is 40.1 Å². The summed E-state index contributed by atoms with van der Waals surface area (Å²) < 4.78 is 35.5. The predicted molar refractivity (Wildman–Crippen MR) is 57.6 cm³/mol. The standard InChI is InChI=1S/C8H11NO4S.Na/c1-2-13-6-3-4-7(9)8(5-6)14(10,11)12;/h3-5H,2,9H2,1H3,(H,10,11,12);. The van der Waals surface area contributed by atoms with Gasteiger partial charge in [0.25, 0.3) is 10.1 Å². The Morgan fingerprint density at radius 2 is 2.07 bits per heavy atom. The van der Waals surface area contributed by atoms with E-state index in [1.807, 2.05) is 0 Å². The molecule has 0 aromatic heterocycles. The first kappa shape index (κ1) is 14.7. The maximum Gasteiger partial charge on any atom is 0.296 e. The molecule has 0 atom stereocenters. The van der Waals surface area contributed by atoms with Gasteiger partial charge in [0.05, 0.1) is 12.3 Å². The maximum absolute atomic E-state index is 10.8. The second kappa shape index (κ2) is 5.72. The molecule has 0 saturated heterocycles. The van der Waals surface area contributed by atoms with Crippen LogP contribution in [0.3, 0.4) is 0 Å². The third-order valence-corrected chi connectivity index (χ3v) is 2.48. The minimum Gasteiger partial charge on any atom is -0.494 e. The molecule has 79 valence electrons. The molecule has 7 heteroatoms. The summed E-state index contributed by atoms with van der Waals surface area (Å²) in [5.74, 6) is 0.356. The van der Waals surface area contributed by atoms with Gasteiger partial charge in [-0.3, -0.25) is 4.55 Å². The van der Waals surface area contributed by atoms with Crippen LogP contribution in [0, 0.1) is 0 Å². The molecular formula is C8H11NNaO4S. The summed E-state index contributed by atoms with van der Waals surface area (Å²) in [5.41, 5.74) is 5.37. The van der Waals surface area contributed by atoms with Crippen molar-refractivity contribution in [2.75, 3.05) is 12.3 Å². The molecule has 0 amide bonds. The van der Waals surface area contributed by atoms with E-state index in [0.29, 0.717) is 12.4 Å². The van der Waals surface area contributed by atoms with E-state index in [2.05, 4.69) is 0 Å². The quantitative estimate of drug-likeness (QED) is 0.457. The van der Waals surface area contributed by atoms with E-state index in [1.165, 1.54) is 18.2 Å². The molecule has 0 saturated carbocycles. The van der Waals surface area contributed by atoms with E-state index >= 15 is 0 Å². The van der Waals surface area contributed by atoms with Crippen molar-refractivity contribution in [2.24, 2.45) is 0 Å². The summed E-state index contributed by atoms with van der Waals surface area (Å²) in [5, 5.41) is 0. The van der Waals surface area contributed by atoms with Gasteiger partial charge in [-0.05, 0) is 19.1 Å². The Bertz CT molecular complexity index is 432. The van der Waals surface area contributed by atoms with E-state index in [9.17, 15) is 8.42 Å². The zero-order valence-electron chi connectivity index (χ0n) is 8.60. The van der Waals surface area contributed by atoms with Crippen LogP contribution < -0.4 is 10.5 Å². The van der Waals surface area contributed by atoms with Gasteiger partial charge in [-0.15, -0.1) is 0 Å². The van der Waals surface area contributed by atoms with Crippen LogP contribution in [0.25, 0.3) is 0 Å². The topological polar surface area (TPSA) is 89.6 Å². The van der Waals surface area contributed by atoms with E-state index in [1.54, 1.807) is 6.92 Å². The molecule has 1 rings (SSSR count). The molecule has 0 aliphatic carbocycles. The van der Waals surface area contributed by atoms with Crippen LogP contribution in [0.5, 0.6) is 5.75 Å². The van der Waals surface area contributed by atoms with Crippen LogP contribution in [-0.2, 0) is 10.1 Å². The van der Waals surface area contributed by atoms with Gasteiger partial charge in [-0.1, -0.05) is 0 Å². The van der Waals surface area contributed by atoms with Gasteiger partial charge in [0.15, 0.2) is 0 Å². The van der Waals surface area contributed by atoms with Gasteiger partial charge in [0, 0.05) is 35.6 Å². The minimum absolute atomic E-state index is 0. The van der Waals surface area contributed by atoms with E-state index < -0.39 is 10.1 Å². The van der Waals surface area contributed by atoms with Crippen LogP contribution in [0.4, 0.5) is 5.69 Å². The molecular weight excluding hydrogens is 229 g/mol. The van der Waals surface area contributed by atoms with Crippen molar-refractivity contribution < 1.29 is 17.7 Å². The average molecular weight is 240 g/mol. The van der Waals surface area contributed by atoms with Gasteiger partial charge in [0.2, 0.25) is 0 Å². The SMILES string of the molecule is CCOc1ccc(N)c(S(=O)(=O)O)c1.[Na]. The zero-order chi connectivity index (χ0) is 10.8. The number of nitrogen functional groups attached to an aromatic ring is 1. The molecule has 5 nitrogen and oxygen atoms in total. The first-order valence-corrected chi connectivity index (χ1v) is 5.39. The number of hydrogen-bond acceptors (Lipinski definition) is 4. The average Bonchev–Trinajstić information content (AvgIpc) is 2.07. The number of nitrogens with two attached hydrogens (primary N) is 1. The fourth-order valence-electron chi connectivity index (χ4n) is 0.995. The van der Waals surface area contributed by atoms with Crippen LogP contribution >= 0.6 is 0 Å². The fourth-order valence-corrected chi connectivity index (χ4v) is 1.63. The number of anilines is 1. The fraction of sp³-hybridized carbons (Fsp3) is 0.250. The van der Waals surface area contributed by atoms with Crippen LogP contribution in [0.1, 0.15) is 6.92 Å². The Morgan fingerprint density at radius 3 is 2.53 bits per heavy atom. The molecule has 0 bridgehead atoms. The summed E-state index contributed by atoms with van der Waals surface area (Å²) >= 11 is 0. The summed E-state index contributed by atoms with van der Waals surface area (Å²) in [6.07, 6.45) is 0. The normalized spacial score (nSPS) is 10.5. The Hall–Kier alpha value is -0.270. The van der Waals surface area contributed by atoms with Gasteiger partial charge >= 0.3 is 0 Å². The Kier molecular flexibility index (Phi) is 5.61. The molecule has 1 aromatic carbocycles. The second-order valence-corrected chi connectivity index (χ2v) is 4.00. The summed E-state index contributed by atoms with van der Waals surface area (Å²) in [7, 11) is -4.28. The molecule has 15 heavy (non-hydrogen) atoms. The third kappa shape index (κ3) is 4.00. The minimum atomic E-state index is -4.28. The molecule has 0 aliphatic heterocycles. The molecule has 0 aliphatic rings. The largest absolute Gasteiger partial charge is 0.494 e. The molecule has 0 fully saturated rings. The summed E-state index contributed by atoms with van der Waals surface area (Å²) in [6, 6.07) is 4.09. The van der Waals surface area contributed by atoms with Crippen molar-refractivity contribution in [3.05, 3.63) is 18.2 Å². The molecule has 1 radical (unpaired) electrons. The van der Waals surface area contributed by atoms with E-state index in [0.717, 1.165) is 0 Å². The maximum atomic E-state index is 10.8. The van der Waals surface area contributed by atoms with Crippen molar-refractivity contribution in [2.45, 2.75) is 11.8 Å². The second-order valence-electron chi connectivity index (χ2n) is 2.61. The van der Waals surface area contributed by atoms with Crippen LogP contribution in [0.15, 0.2) is 23.1 Å². The Morgan fingerprint density at radius 1 is 1.47 bits per heavy atom. The smallest absolute Gasteiger partial charge is 0.296 e. The van der Waals surface area contributed by atoms with Crippen molar-refractivity contribution in [3.63, 3.8) is 0 Å². The molecule has 0 unspecified atom stereocenters. The third-order valence-electron chi connectivity index (χ3n) is 1.57. The first-order valence-electron chi connectivity index (χ1n) is 3.95. The molecule has 1 aromatic rings. The van der Waals surface area contributed by atoms with Gasteiger partial charge in [-0.25, -0.2) is 0 Å². The van der Waals surface area contributed by atoms with Crippen molar-refractivity contribution in [1.29, 1.82) is 0 Å². The predicted octanol–water partition coefficient (Wildman–Crippen LogP) is 0.533. The van der Waals surface area contributed by atoms with E-state index in [4.69, 9.17) is 15.0 Å². The van der Waals surface area contributed by atoms with Gasteiger partial charge in [0.1, 0.15) is 10.6 Å². The number of rotatable bonds is 3.